The highest BCUT2D eigenvalue weighted by molar-refractivity contribution is 7.99. The molecule has 0 amide bonds. The van der Waals surface area contributed by atoms with Gasteiger partial charge in [0.05, 0.1) is 5.56 Å². The van der Waals surface area contributed by atoms with E-state index in [0.717, 1.165) is 12.1 Å². The summed E-state index contributed by atoms with van der Waals surface area (Å²) in [6.45, 7) is 4.48. The molecule has 0 aliphatic heterocycles. The molecular formula is C11H16F3N3S. The second kappa shape index (κ2) is 5.26. The fourth-order valence-electron chi connectivity index (χ4n) is 1.18. The van der Waals surface area contributed by atoms with E-state index in [1.807, 2.05) is 20.1 Å². The molecule has 1 rings (SSSR count). The van der Waals surface area contributed by atoms with Gasteiger partial charge in [-0.05, 0) is 32.2 Å². The number of nitrogen functional groups attached to an aromatic ring is 1. The first-order valence-corrected chi connectivity index (χ1v) is 6.50. The van der Waals surface area contributed by atoms with Gasteiger partial charge in [-0.3, -0.25) is 0 Å². The van der Waals surface area contributed by atoms with Crippen LogP contribution >= 0.6 is 11.8 Å². The molecule has 0 unspecified atom stereocenters. The van der Waals surface area contributed by atoms with E-state index in [9.17, 15) is 13.2 Å². The van der Waals surface area contributed by atoms with E-state index >= 15 is 0 Å². The number of hydrogen-bond donors (Lipinski definition) is 2. The summed E-state index contributed by atoms with van der Waals surface area (Å²) < 4.78 is 37.6. The van der Waals surface area contributed by atoms with Crippen molar-refractivity contribution >= 4 is 23.4 Å². The highest BCUT2D eigenvalue weighted by atomic mass is 32.2. The maximum Gasteiger partial charge on any atom is 0.416 e. The van der Waals surface area contributed by atoms with Gasteiger partial charge in [0.25, 0.3) is 0 Å². The molecule has 0 spiro atoms. The lowest BCUT2D eigenvalue weighted by atomic mass is 10.2. The average Bonchev–Trinajstić information content (AvgIpc) is 2.25. The van der Waals surface area contributed by atoms with Crippen LogP contribution in [0, 0.1) is 0 Å². The van der Waals surface area contributed by atoms with Crippen LogP contribution in [0.4, 0.5) is 24.8 Å². The first-order valence-electron chi connectivity index (χ1n) is 5.28. The zero-order valence-electron chi connectivity index (χ0n) is 10.4. The number of thioether (sulfide) groups is 1. The van der Waals surface area contributed by atoms with Crippen LogP contribution in [0.5, 0.6) is 0 Å². The number of anilines is 2. The molecule has 102 valence electrons. The van der Waals surface area contributed by atoms with Crippen LogP contribution in [0.3, 0.4) is 0 Å². The Kier molecular flexibility index (Phi) is 4.37. The van der Waals surface area contributed by atoms with Crippen molar-refractivity contribution in [1.82, 2.24) is 4.98 Å². The standard InChI is InChI=1S/C11H16F3N3S/c1-10(2,18-3)6-16-9-5-7(11(12,13)14)4-8(15)17-9/h4-5H,6H2,1-3H3,(H3,15,16,17). The molecule has 3 nitrogen and oxygen atoms in total. The van der Waals surface area contributed by atoms with Crippen molar-refractivity contribution in [2.75, 3.05) is 23.9 Å². The number of aromatic nitrogens is 1. The van der Waals surface area contributed by atoms with Crippen LogP contribution in [0.15, 0.2) is 12.1 Å². The van der Waals surface area contributed by atoms with E-state index in [1.165, 1.54) is 0 Å². The molecule has 3 N–H and O–H groups in total. The number of alkyl halides is 3. The first kappa shape index (κ1) is 14.9. The second-order valence-corrected chi connectivity index (χ2v) is 5.99. The molecule has 0 aromatic carbocycles. The number of nitrogens with zero attached hydrogens (tertiary/aromatic N) is 1. The molecule has 0 radical (unpaired) electrons. The molecule has 0 fully saturated rings. The smallest absolute Gasteiger partial charge is 0.384 e. The Labute approximate surface area is 108 Å². The lowest BCUT2D eigenvalue weighted by Crippen LogP contribution is -2.26. The van der Waals surface area contributed by atoms with E-state index < -0.39 is 11.7 Å². The molecule has 0 aliphatic rings. The topological polar surface area (TPSA) is 50.9 Å². The number of rotatable bonds is 4. The largest absolute Gasteiger partial charge is 0.416 e. The molecule has 0 saturated heterocycles. The lowest BCUT2D eigenvalue weighted by molar-refractivity contribution is -0.137. The lowest BCUT2D eigenvalue weighted by Gasteiger charge is -2.23. The quantitative estimate of drug-likeness (QED) is 0.888. The Hall–Kier alpha value is -1.11. The van der Waals surface area contributed by atoms with E-state index in [1.54, 1.807) is 11.8 Å². The van der Waals surface area contributed by atoms with Gasteiger partial charge in [-0.15, -0.1) is 0 Å². The number of halogens is 3. The van der Waals surface area contributed by atoms with Crippen molar-refractivity contribution in [3.05, 3.63) is 17.7 Å². The van der Waals surface area contributed by atoms with Crippen molar-refractivity contribution in [3.8, 4) is 0 Å². The second-order valence-electron chi connectivity index (χ2n) is 4.48. The van der Waals surface area contributed by atoms with Gasteiger partial charge < -0.3 is 11.1 Å². The molecule has 1 aromatic rings. The Balaban J connectivity index is 2.88. The Morgan fingerprint density at radius 1 is 1.33 bits per heavy atom. The Morgan fingerprint density at radius 2 is 1.94 bits per heavy atom. The molecule has 0 atom stereocenters. The summed E-state index contributed by atoms with van der Waals surface area (Å²) in [7, 11) is 0. The molecule has 0 bridgehead atoms. The van der Waals surface area contributed by atoms with Crippen LogP contribution in [0.2, 0.25) is 0 Å². The summed E-state index contributed by atoms with van der Waals surface area (Å²) in [5.74, 6) is -0.00117. The SMILES string of the molecule is CSC(C)(C)CNc1cc(C(F)(F)F)cc(N)n1. The van der Waals surface area contributed by atoms with Crippen LogP contribution in [-0.2, 0) is 6.18 Å². The van der Waals surface area contributed by atoms with Crippen molar-refractivity contribution in [2.45, 2.75) is 24.8 Å². The summed E-state index contributed by atoms with van der Waals surface area (Å²) in [6.07, 6.45) is -2.47. The van der Waals surface area contributed by atoms with Crippen molar-refractivity contribution in [3.63, 3.8) is 0 Å². The highest BCUT2D eigenvalue weighted by Gasteiger charge is 2.31. The monoisotopic (exact) mass is 279 g/mol. The van der Waals surface area contributed by atoms with Gasteiger partial charge in [0.1, 0.15) is 11.6 Å². The van der Waals surface area contributed by atoms with Gasteiger partial charge in [-0.1, -0.05) is 0 Å². The predicted molar refractivity (Wildman–Crippen MR) is 69.7 cm³/mol. The molecular weight excluding hydrogens is 263 g/mol. The van der Waals surface area contributed by atoms with E-state index in [2.05, 4.69) is 10.3 Å². The summed E-state index contributed by atoms with van der Waals surface area (Å²) in [5, 5.41) is 2.88. The molecule has 0 saturated carbocycles. The fourth-order valence-corrected chi connectivity index (χ4v) is 1.40. The third-order valence-electron chi connectivity index (χ3n) is 2.42. The van der Waals surface area contributed by atoms with Crippen LogP contribution < -0.4 is 11.1 Å². The third-order valence-corrected chi connectivity index (χ3v) is 3.67. The molecule has 0 aliphatic carbocycles. The van der Waals surface area contributed by atoms with Gasteiger partial charge in [0.2, 0.25) is 0 Å². The maximum absolute atomic E-state index is 12.6. The van der Waals surface area contributed by atoms with Gasteiger partial charge in [0, 0.05) is 11.3 Å². The Morgan fingerprint density at radius 3 is 2.44 bits per heavy atom. The number of hydrogen-bond acceptors (Lipinski definition) is 4. The van der Waals surface area contributed by atoms with Gasteiger partial charge >= 0.3 is 6.18 Å². The van der Waals surface area contributed by atoms with Crippen molar-refractivity contribution in [1.29, 1.82) is 0 Å². The summed E-state index contributed by atoms with van der Waals surface area (Å²) in [4.78, 5) is 3.84. The number of nitrogens with one attached hydrogen (secondary N) is 1. The van der Waals surface area contributed by atoms with Gasteiger partial charge in [0.15, 0.2) is 0 Å². The number of nitrogens with two attached hydrogens (primary N) is 1. The molecule has 7 heteroatoms. The van der Waals surface area contributed by atoms with Crippen LogP contribution in [0.25, 0.3) is 0 Å². The Bertz CT molecular complexity index is 418. The van der Waals surface area contributed by atoms with Crippen LogP contribution in [-0.4, -0.2) is 22.5 Å². The fraction of sp³-hybridized carbons (Fsp3) is 0.545. The summed E-state index contributed by atoms with van der Waals surface area (Å²) >= 11 is 1.62. The molecule has 18 heavy (non-hydrogen) atoms. The minimum atomic E-state index is -4.41. The van der Waals surface area contributed by atoms with E-state index in [0.29, 0.717) is 6.54 Å². The third kappa shape index (κ3) is 4.29. The van der Waals surface area contributed by atoms with Gasteiger partial charge in [-0.2, -0.15) is 24.9 Å². The highest BCUT2D eigenvalue weighted by Crippen LogP contribution is 2.31. The van der Waals surface area contributed by atoms with Crippen molar-refractivity contribution < 1.29 is 13.2 Å². The molecule has 1 aromatic heterocycles. The average molecular weight is 279 g/mol. The normalized spacial score (nSPS) is 12.6. The summed E-state index contributed by atoms with van der Waals surface area (Å²) in [5.41, 5.74) is 4.58. The minimum absolute atomic E-state index is 0.0926. The number of pyridine rings is 1. The first-order chi connectivity index (χ1) is 8.14. The predicted octanol–water partition coefficient (Wildman–Crippen LogP) is 3.24. The zero-order valence-corrected chi connectivity index (χ0v) is 11.2. The summed E-state index contributed by atoms with van der Waals surface area (Å²) in [6, 6.07) is 1.79. The van der Waals surface area contributed by atoms with Gasteiger partial charge in [-0.25, -0.2) is 4.98 Å². The zero-order chi connectivity index (χ0) is 14.0. The van der Waals surface area contributed by atoms with E-state index in [-0.39, 0.29) is 16.4 Å². The maximum atomic E-state index is 12.6. The van der Waals surface area contributed by atoms with Crippen LogP contribution in [0.1, 0.15) is 19.4 Å². The van der Waals surface area contributed by atoms with E-state index in [4.69, 9.17) is 5.73 Å². The van der Waals surface area contributed by atoms with Crippen molar-refractivity contribution in [2.24, 2.45) is 0 Å². The molecule has 1 heterocycles. The minimum Gasteiger partial charge on any atom is -0.384 e.